The first-order valence-electron chi connectivity index (χ1n) is 6.30. The van der Waals surface area contributed by atoms with E-state index in [1.807, 2.05) is 20.4 Å². The fourth-order valence-corrected chi connectivity index (χ4v) is 3.65. The predicted molar refractivity (Wildman–Crippen MR) is 92.3 cm³/mol. The zero-order valence-corrected chi connectivity index (χ0v) is 14.8. The molecule has 9 heteroatoms. The first kappa shape index (κ1) is 18.3. The van der Waals surface area contributed by atoms with Gasteiger partial charge < -0.3 is 10.2 Å². The number of rotatable bonds is 10. The Morgan fingerprint density at radius 1 is 1.62 bits per heavy atom. The molecule has 118 valence electrons. The van der Waals surface area contributed by atoms with Crippen molar-refractivity contribution in [3.8, 4) is 0 Å². The fourth-order valence-electron chi connectivity index (χ4n) is 1.45. The van der Waals surface area contributed by atoms with Crippen LogP contribution in [0, 0.1) is 10.1 Å². The van der Waals surface area contributed by atoms with Gasteiger partial charge in [-0.3, -0.25) is 10.1 Å². The van der Waals surface area contributed by atoms with Gasteiger partial charge in [0.1, 0.15) is 10.0 Å². The van der Waals surface area contributed by atoms with Crippen molar-refractivity contribution in [2.24, 2.45) is 0 Å². The Morgan fingerprint density at radius 2 is 2.38 bits per heavy atom. The Bertz CT molecular complexity index is 477. The Balaban J connectivity index is 2.22. The predicted octanol–water partition coefficient (Wildman–Crippen LogP) is 2.47. The van der Waals surface area contributed by atoms with E-state index in [4.69, 9.17) is 0 Å². The monoisotopic (exact) mass is 348 g/mol. The standard InChI is InChI=1S/C12H20N4O2S3/c1-15(2)6-12-14-10(9-21-12)8-20-5-4-13-11(19-3)7-16(17)18/h7,9,13H,4-6,8H2,1-3H3/b11-7-. The lowest BCUT2D eigenvalue weighted by molar-refractivity contribution is -0.403. The molecule has 21 heavy (non-hydrogen) atoms. The largest absolute Gasteiger partial charge is 0.374 e. The molecule has 0 saturated carbocycles. The van der Waals surface area contributed by atoms with Crippen LogP contribution >= 0.6 is 34.9 Å². The molecule has 0 atom stereocenters. The van der Waals surface area contributed by atoms with Gasteiger partial charge in [-0.1, -0.05) is 0 Å². The lowest BCUT2D eigenvalue weighted by Crippen LogP contribution is -2.15. The highest BCUT2D eigenvalue weighted by Gasteiger charge is 2.04. The average Bonchev–Trinajstić information content (AvgIpc) is 2.83. The first-order chi connectivity index (χ1) is 10.0. The molecule has 1 heterocycles. The van der Waals surface area contributed by atoms with Crippen LogP contribution in [0.3, 0.4) is 0 Å². The van der Waals surface area contributed by atoms with Crippen LogP contribution in [0.4, 0.5) is 0 Å². The molecule has 0 spiro atoms. The molecule has 0 radical (unpaired) electrons. The summed E-state index contributed by atoms with van der Waals surface area (Å²) in [5.74, 6) is 1.76. The lowest BCUT2D eigenvalue weighted by Gasteiger charge is -2.06. The van der Waals surface area contributed by atoms with Gasteiger partial charge in [-0.25, -0.2) is 4.98 Å². The number of hydrogen-bond acceptors (Lipinski definition) is 8. The van der Waals surface area contributed by atoms with Gasteiger partial charge in [-0.15, -0.1) is 23.1 Å². The minimum Gasteiger partial charge on any atom is -0.374 e. The van der Waals surface area contributed by atoms with Gasteiger partial charge in [0.25, 0.3) is 6.20 Å². The molecule has 1 N–H and O–H groups in total. The average molecular weight is 349 g/mol. The summed E-state index contributed by atoms with van der Waals surface area (Å²) in [7, 11) is 4.06. The normalized spacial score (nSPS) is 11.9. The molecule has 0 unspecified atom stereocenters. The van der Waals surface area contributed by atoms with Gasteiger partial charge in [0, 0.05) is 30.0 Å². The van der Waals surface area contributed by atoms with E-state index in [2.05, 4.69) is 20.6 Å². The summed E-state index contributed by atoms with van der Waals surface area (Å²) in [6.07, 6.45) is 2.82. The maximum absolute atomic E-state index is 10.4. The third-order valence-corrected chi connectivity index (χ3v) is 4.85. The van der Waals surface area contributed by atoms with Crippen molar-refractivity contribution in [1.29, 1.82) is 0 Å². The quantitative estimate of drug-likeness (QED) is 0.395. The van der Waals surface area contributed by atoms with Crippen LogP contribution in [0.2, 0.25) is 0 Å². The van der Waals surface area contributed by atoms with E-state index in [-0.39, 0.29) is 0 Å². The van der Waals surface area contributed by atoms with Gasteiger partial charge in [-0.2, -0.15) is 11.8 Å². The maximum Gasteiger partial charge on any atom is 0.263 e. The van der Waals surface area contributed by atoms with Gasteiger partial charge in [0.2, 0.25) is 0 Å². The zero-order valence-electron chi connectivity index (χ0n) is 12.4. The van der Waals surface area contributed by atoms with E-state index in [1.54, 1.807) is 23.1 Å². The molecule has 0 aromatic carbocycles. The molecule has 1 rings (SSSR count). The zero-order chi connectivity index (χ0) is 15.7. The van der Waals surface area contributed by atoms with Crippen LogP contribution in [0.25, 0.3) is 0 Å². The smallest absolute Gasteiger partial charge is 0.263 e. The summed E-state index contributed by atoms with van der Waals surface area (Å²) in [6, 6.07) is 0. The second-order valence-electron chi connectivity index (χ2n) is 4.43. The van der Waals surface area contributed by atoms with Gasteiger partial charge in [-0.05, 0) is 20.4 Å². The molecular weight excluding hydrogens is 328 g/mol. The molecule has 1 aromatic heterocycles. The number of aromatic nitrogens is 1. The van der Waals surface area contributed by atoms with Crippen molar-refractivity contribution < 1.29 is 4.92 Å². The number of thioether (sulfide) groups is 2. The highest BCUT2D eigenvalue weighted by Crippen LogP contribution is 2.16. The van der Waals surface area contributed by atoms with Crippen LogP contribution in [-0.4, -0.2) is 47.5 Å². The molecule has 0 aliphatic rings. The van der Waals surface area contributed by atoms with Crippen LogP contribution in [-0.2, 0) is 12.3 Å². The Hall–Kier alpha value is -0.770. The minimum atomic E-state index is -0.437. The number of thiazole rings is 1. The molecule has 0 aliphatic carbocycles. The number of nitrogens with one attached hydrogen (secondary N) is 1. The van der Waals surface area contributed by atoms with Crippen molar-refractivity contribution >= 4 is 34.9 Å². The summed E-state index contributed by atoms with van der Waals surface area (Å²) in [5, 5.41) is 17.3. The van der Waals surface area contributed by atoms with E-state index >= 15 is 0 Å². The second kappa shape index (κ2) is 10.0. The highest BCUT2D eigenvalue weighted by atomic mass is 32.2. The Kier molecular flexibility index (Phi) is 8.74. The van der Waals surface area contributed by atoms with E-state index in [0.717, 1.165) is 35.0 Å². The molecule has 1 aromatic rings. The summed E-state index contributed by atoms with van der Waals surface area (Å²) in [5.41, 5.74) is 1.10. The third kappa shape index (κ3) is 8.30. The van der Waals surface area contributed by atoms with Crippen LogP contribution < -0.4 is 5.32 Å². The number of nitro groups is 1. The van der Waals surface area contributed by atoms with Crippen LogP contribution in [0.5, 0.6) is 0 Å². The van der Waals surface area contributed by atoms with Crippen molar-refractivity contribution in [1.82, 2.24) is 15.2 Å². The Morgan fingerprint density at radius 3 is 3.00 bits per heavy atom. The SMILES string of the molecule is CS/C(=C\[N+](=O)[O-])NCCSCc1csc(CN(C)C)n1. The third-order valence-electron chi connectivity index (χ3n) is 2.29. The first-order valence-corrected chi connectivity index (χ1v) is 9.56. The van der Waals surface area contributed by atoms with Crippen LogP contribution in [0.1, 0.15) is 10.7 Å². The molecule has 6 nitrogen and oxygen atoms in total. The van der Waals surface area contributed by atoms with E-state index < -0.39 is 4.92 Å². The van der Waals surface area contributed by atoms with Gasteiger partial charge in [0.05, 0.1) is 10.6 Å². The lowest BCUT2D eigenvalue weighted by atomic mass is 10.5. The number of nitrogens with zero attached hydrogens (tertiary/aromatic N) is 3. The van der Waals surface area contributed by atoms with Crippen molar-refractivity contribution in [3.63, 3.8) is 0 Å². The van der Waals surface area contributed by atoms with Gasteiger partial charge >= 0.3 is 0 Å². The van der Waals surface area contributed by atoms with Crippen molar-refractivity contribution in [3.05, 3.63) is 37.4 Å². The summed E-state index contributed by atoms with van der Waals surface area (Å²) < 4.78 is 0. The summed E-state index contributed by atoms with van der Waals surface area (Å²) >= 11 is 4.80. The minimum absolute atomic E-state index is 0.437. The van der Waals surface area contributed by atoms with Crippen molar-refractivity contribution in [2.45, 2.75) is 12.3 Å². The maximum atomic E-state index is 10.4. The molecule has 0 amide bonds. The molecule has 0 aliphatic heterocycles. The fraction of sp³-hybridized carbons (Fsp3) is 0.583. The van der Waals surface area contributed by atoms with E-state index in [0.29, 0.717) is 11.6 Å². The van der Waals surface area contributed by atoms with E-state index in [1.165, 1.54) is 11.8 Å². The second-order valence-corrected chi connectivity index (χ2v) is 7.33. The highest BCUT2D eigenvalue weighted by molar-refractivity contribution is 8.02. The molecule has 0 fully saturated rings. The topological polar surface area (TPSA) is 71.3 Å². The summed E-state index contributed by atoms with van der Waals surface area (Å²) in [6.45, 7) is 1.58. The van der Waals surface area contributed by atoms with Crippen molar-refractivity contribution in [2.75, 3.05) is 32.6 Å². The Labute approximate surface area is 137 Å². The molecule has 0 saturated heterocycles. The summed E-state index contributed by atoms with van der Waals surface area (Å²) in [4.78, 5) is 16.6. The van der Waals surface area contributed by atoms with E-state index in [9.17, 15) is 10.1 Å². The molecular formula is C12H20N4O2S3. The van der Waals surface area contributed by atoms with Crippen LogP contribution in [0.15, 0.2) is 16.6 Å². The van der Waals surface area contributed by atoms with Gasteiger partial charge in [0.15, 0.2) is 0 Å². The number of hydrogen-bond donors (Lipinski definition) is 1. The molecule has 0 bridgehead atoms.